The van der Waals surface area contributed by atoms with E-state index >= 15 is 0 Å². The van der Waals surface area contributed by atoms with Crippen LogP contribution in [0.3, 0.4) is 0 Å². The second-order valence-corrected chi connectivity index (χ2v) is 14.7. The summed E-state index contributed by atoms with van der Waals surface area (Å²) in [6, 6.07) is 38.6. The zero-order valence-electron chi connectivity index (χ0n) is 30.9. The van der Waals surface area contributed by atoms with Crippen LogP contribution in [-0.4, -0.2) is 14.0 Å². The van der Waals surface area contributed by atoms with Gasteiger partial charge < -0.3 is 23.5 Å². The molecule has 51 heavy (non-hydrogen) atoms. The van der Waals surface area contributed by atoms with E-state index in [1.807, 2.05) is 36.4 Å². The number of aromatic nitrogens is 5. The molecular weight excluding hydrogens is 807 g/mol. The van der Waals surface area contributed by atoms with Crippen molar-refractivity contribution in [3.05, 3.63) is 143 Å². The molecule has 0 spiro atoms. The van der Waals surface area contributed by atoms with Crippen molar-refractivity contribution in [2.75, 3.05) is 0 Å². The first-order valence-electron chi connectivity index (χ1n) is 18.1. The molecule has 1 radical (unpaired) electrons. The van der Waals surface area contributed by atoms with Crippen molar-refractivity contribution in [3.63, 3.8) is 0 Å². The van der Waals surface area contributed by atoms with E-state index < -0.39 is 0 Å². The second-order valence-electron chi connectivity index (χ2n) is 14.7. The minimum atomic E-state index is 0. The molecule has 5 aromatic carbocycles. The third-order valence-corrected chi connectivity index (χ3v) is 9.90. The van der Waals surface area contributed by atoms with Gasteiger partial charge in [-0.1, -0.05) is 165 Å². The maximum Gasteiger partial charge on any atom is 0.244 e. The monoisotopic (exact) mass is 855 g/mol. The van der Waals surface area contributed by atoms with Gasteiger partial charge in [-0.2, -0.15) is 0 Å². The molecule has 8 aromatic rings. The predicted octanol–water partition coefficient (Wildman–Crippen LogP) is 10.9. The van der Waals surface area contributed by atoms with Crippen molar-refractivity contribution in [1.29, 1.82) is 0 Å². The fraction of sp³-hybridized carbons (Fsp3) is 0.289. The summed E-state index contributed by atoms with van der Waals surface area (Å²) in [5.74, 6) is 2.62. The molecule has 3 aromatic heterocycles. The van der Waals surface area contributed by atoms with Crippen LogP contribution in [0.25, 0.3) is 44.6 Å². The molecule has 0 fully saturated rings. The molecule has 5 nitrogen and oxygen atoms in total. The Morgan fingerprint density at radius 3 is 1.71 bits per heavy atom. The Morgan fingerprint density at radius 1 is 0.588 bits per heavy atom. The van der Waals surface area contributed by atoms with E-state index in [4.69, 9.17) is 0 Å². The maximum atomic E-state index is 4.50. The van der Waals surface area contributed by atoms with Crippen molar-refractivity contribution in [1.82, 2.24) is 18.9 Å². The number of hydrogen-bond donors (Lipinski definition) is 0. The van der Waals surface area contributed by atoms with Crippen LogP contribution in [0.1, 0.15) is 107 Å². The van der Waals surface area contributed by atoms with Crippen molar-refractivity contribution in [2.45, 2.75) is 85.6 Å². The van der Waals surface area contributed by atoms with Gasteiger partial charge in [0.2, 0.25) is 6.33 Å². The fourth-order valence-corrected chi connectivity index (χ4v) is 7.40. The van der Waals surface area contributed by atoms with E-state index in [0.717, 1.165) is 34.4 Å². The van der Waals surface area contributed by atoms with Gasteiger partial charge in [0, 0.05) is 50.2 Å². The van der Waals surface area contributed by atoms with E-state index in [1.165, 1.54) is 44.5 Å². The number of imidazole rings is 3. The summed E-state index contributed by atoms with van der Waals surface area (Å²) >= 11 is 0. The van der Waals surface area contributed by atoms with Crippen molar-refractivity contribution < 1.29 is 26.9 Å². The average Bonchev–Trinajstić information content (AvgIpc) is 3.78. The Labute approximate surface area is 317 Å². The van der Waals surface area contributed by atoms with Gasteiger partial charge in [0.1, 0.15) is 0 Å². The molecule has 0 saturated carbocycles. The normalized spacial score (nSPS) is 11.8. The van der Waals surface area contributed by atoms with E-state index in [1.54, 1.807) is 0 Å². The number of nitrogens with zero attached hydrogens (tertiary/aromatic N) is 5. The van der Waals surface area contributed by atoms with Crippen LogP contribution < -0.4 is 9.55 Å². The minimum absolute atomic E-state index is 0. The molecule has 0 N–H and O–H groups in total. The molecule has 3 heterocycles. The summed E-state index contributed by atoms with van der Waals surface area (Å²) < 4.78 is 6.77. The molecule has 0 aliphatic heterocycles. The molecule has 0 saturated heterocycles. The van der Waals surface area contributed by atoms with E-state index in [2.05, 4.69) is 158 Å². The van der Waals surface area contributed by atoms with Gasteiger partial charge in [-0.3, -0.25) is 0 Å². The number of fused-ring (bicyclic) bond motifs is 6. The topological polar surface area (TPSA) is 40.2 Å². The molecular formula is C45H48AuN5-. The summed E-state index contributed by atoms with van der Waals surface area (Å²) in [7, 11) is 0. The first kappa shape index (κ1) is 36.4. The Hall–Kier alpha value is -4.42. The number of hydrogen-bond acceptors (Lipinski definition) is 1. The quantitative estimate of drug-likeness (QED) is 0.0910. The van der Waals surface area contributed by atoms with E-state index in [-0.39, 0.29) is 22.4 Å². The first-order chi connectivity index (χ1) is 24.1. The van der Waals surface area contributed by atoms with Crippen LogP contribution in [0.5, 0.6) is 0 Å². The third-order valence-electron chi connectivity index (χ3n) is 9.90. The first-order valence-corrected chi connectivity index (χ1v) is 18.1. The van der Waals surface area contributed by atoms with Gasteiger partial charge in [0.05, 0.1) is 23.3 Å². The smallest absolute Gasteiger partial charge is 0.244 e. The fourth-order valence-electron chi connectivity index (χ4n) is 7.40. The van der Waals surface area contributed by atoms with Crippen molar-refractivity contribution >= 4 is 38.9 Å². The van der Waals surface area contributed by atoms with Crippen molar-refractivity contribution in [3.8, 4) is 5.69 Å². The third kappa shape index (κ3) is 6.83. The van der Waals surface area contributed by atoms with Crippen molar-refractivity contribution in [2.24, 2.45) is 0 Å². The SMILES string of the molecule is CC(C)c1cccc(C(C)C)c1Cn1[c-][n+](-c2c(C(C)C)cccc2C(C)C)c2ccccc21.[Au].c1ccc2c(c1)nc1[n-]c3ccccc3n12. The number of para-hydroxylation sites is 7. The van der Waals surface area contributed by atoms with Gasteiger partial charge in [-0.15, -0.1) is 0 Å². The van der Waals surface area contributed by atoms with E-state index in [9.17, 15) is 0 Å². The molecule has 0 aliphatic rings. The largest absolute Gasteiger partial charge is 0.366 e. The van der Waals surface area contributed by atoms with Crippen LogP contribution in [0.15, 0.2) is 109 Å². The van der Waals surface area contributed by atoms with Gasteiger partial charge in [-0.25, -0.2) is 0 Å². The molecule has 265 valence electrons. The van der Waals surface area contributed by atoms with Crippen LogP contribution in [0.4, 0.5) is 0 Å². The molecule has 0 aliphatic carbocycles. The van der Waals surface area contributed by atoms with Gasteiger partial charge in [0.25, 0.3) is 0 Å². The van der Waals surface area contributed by atoms with Crippen LogP contribution in [0, 0.1) is 6.33 Å². The van der Waals surface area contributed by atoms with Gasteiger partial charge in [0.15, 0.2) is 0 Å². The van der Waals surface area contributed by atoms with Crippen LogP contribution in [0.2, 0.25) is 0 Å². The summed E-state index contributed by atoms with van der Waals surface area (Å²) in [6.07, 6.45) is 3.81. The Kier molecular flexibility index (Phi) is 10.7. The summed E-state index contributed by atoms with van der Waals surface area (Å²) in [5, 5.41) is 0. The number of benzene rings is 5. The molecule has 6 heteroatoms. The number of rotatable bonds is 7. The van der Waals surface area contributed by atoms with Crippen LogP contribution in [-0.2, 0) is 28.9 Å². The van der Waals surface area contributed by atoms with Gasteiger partial charge >= 0.3 is 0 Å². The summed E-state index contributed by atoms with van der Waals surface area (Å²) in [4.78, 5) is 9.01. The zero-order valence-corrected chi connectivity index (χ0v) is 33.1. The van der Waals surface area contributed by atoms with Gasteiger partial charge in [-0.05, 0) is 51.5 Å². The second kappa shape index (κ2) is 15.1. The average molecular weight is 856 g/mol. The Morgan fingerprint density at radius 2 is 1.10 bits per heavy atom. The Bertz CT molecular complexity index is 2320. The molecule has 8 rings (SSSR count). The molecule has 0 bridgehead atoms. The van der Waals surface area contributed by atoms with Crippen LogP contribution >= 0.6 is 0 Å². The minimum Gasteiger partial charge on any atom is -0.366 e. The summed E-state index contributed by atoms with van der Waals surface area (Å²) in [5.41, 5.74) is 15.0. The predicted molar refractivity (Wildman–Crippen MR) is 208 cm³/mol. The Balaban J connectivity index is 0.000000218. The molecule has 0 amide bonds. The standard InChI is InChI=1S/C32H40N2.C13H8N3.Au/c1-21(2)25-13-11-14-26(22(3)4)29(25)19-33-20-34(31-18-10-9-17-30(31)33)32-27(23(5)6)15-12-16-28(32)24(7)8;1-3-7-11-9(5-1)14-13-15-10-6-2-4-8-12(10)16(11)13;/h9-18,21-24H,19H2,1-8H3;1-8H;/q;-1;. The molecule has 0 atom stereocenters. The van der Waals surface area contributed by atoms with E-state index in [0.29, 0.717) is 23.7 Å². The molecule has 0 unspecified atom stereocenters. The summed E-state index contributed by atoms with van der Waals surface area (Å²) in [6.45, 7) is 19.2. The maximum absolute atomic E-state index is 4.50. The zero-order chi connectivity index (χ0) is 35.1.